The molecule has 0 radical (unpaired) electrons. The van der Waals surface area contributed by atoms with Crippen molar-refractivity contribution in [1.29, 1.82) is 0 Å². The van der Waals surface area contributed by atoms with Crippen LogP contribution in [0.15, 0.2) is 36.4 Å². The second kappa shape index (κ2) is 8.72. The third-order valence-electron chi connectivity index (χ3n) is 4.05. The van der Waals surface area contributed by atoms with E-state index in [2.05, 4.69) is 5.32 Å². The second-order valence-corrected chi connectivity index (χ2v) is 6.29. The highest BCUT2D eigenvalue weighted by molar-refractivity contribution is 5.95. The minimum Gasteiger partial charge on any atom is -0.455 e. The van der Waals surface area contributed by atoms with Crippen molar-refractivity contribution in [3.05, 3.63) is 68.8 Å². The number of anilines is 1. The van der Waals surface area contributed by atoms with Gasteiger partial charge in [-0.25, -0.2) is 0 Å². The van der Waals surface area contributed by atoms with Crippen LogP contribution in [-0.2, 0) is 26.9 Å². The van der Waals surface area contributed by atoms with E-state index in [0.29, 0.717) is 11.1 Å². The number of halogens is 3. The number of carbonyl (C=O) groups is 2. The van der Waals surface area contributed by atoms with Crippen LogP contribution < -0.4 is 5.32 Å². The van der Waals surface area contributed by atoms with Gasteiger partial charge in [-0.05, 0) is 42.7 Å². The number of alkyl halides is 3. The molecule has 29 heavy (non-hydrogen) atoms. The first kappa shape index (κ1) is 21.9. The molecular formula is C19H17F3N2O5. The van der Waals surface area contributed by atoms with E-state index >= 15 is 0 Å². The Morgan fingerprint density at radius 1 is 1.14 bits per heavy atom. The molecule has 0 aliphatic carbocycles. The van der Waals surface area contributed by atoms with E-state index in [1.165, 1.54) is 18.2 Å². The number of benzene rings is 2. The van der Waals surface area contributed by atoms with Crippen molar-refractivity contribution in [3.8, 4) is 0 Å². The number of nitrogens with zero attached hydrogens (tertiary/aromatic N) is 1. The van der Waals surface area contributed by atoms with Gasteiger partial charge in [-0.1, -0.05) is 18.2 Å². The van der Waals surface area contributed by atoms with Gasteiger partial charge in [-0.2, -0.15) is 13.2 Å². The Morgan fingerprint density at radius 3 is 2.41 bits per heavy atom. The molecule has 2 aromatic rings. The number of ether oxygens (including phenoxy) is 1. The highest BCUT2D eigenvalue weighted by Crippen LogP contribution is 2.30. The molecular weight excluding hydrogens is 393 g/mol. The maximum absolute atomic E-state index is 12.7. The van der Waals surface area contributed by atoms with E-state index in [9.17, 15) is 32.9 Å². The molecule has 0 saturated carbocycles. The van der Waals surface area contributed by atoms with Crippen molar-refractivity contribution in [2.75, 3.05) is 11.9 Å². The lowest BCUT2D eigenvalue weighted by Crippen LogP contribution is -2.22. The van der Waals surface area contributed by atoms with Crippen molar-refractivity contribution in [2.24, 2.45) is 0 Å². The molecule has 2 rings (SSSR count). The molecule has 0 atom stereocenters. The van der Waals surface area contributed by atoms with E-state index in [1.54, 1.807) is 13.8 Å². The topological polar surface area (TPSA) is 98.5 Å². The van der Waals surface area contributed by atoms with Crippen LogP contribution >= 0.6 is 0 Å². The Hall–Kier alpha value is -3.43. The predicted octanol–water partition coefficient (Wildman–Crippen LogP) is 3.95. The fraction of sp³-hybridized carbons (Fsp3) is 0.263. The fourth-order valence-electron chi connectivity index (χ4n) is 2.46. The molecule has 0 saturated heterocycles. The molecule has 0 spiro atoms. The van der Waals surface area contributed by atoms with Crippen LogP contribution in [0.2, 0.25) is 0 Å². The van der Waals surface area contributed by atoms with E-state index in [4.69, 9.17) is 4.74 Å². The molecule has 1 amide bonds. The van der Waals surface area contributed by atoms with Crippen molar-refractivity contribution in [3.63, 3.8) is 0 Å². The van der Waals surface area contributed by atoms with Gasteiger partial charge in [0.2, 0.25) is 0 Å². The summed E-state index contributed by atoms with van der Waals surface area (Å²) in [5.74, 6) is -1.72. The van der Waals surface area contributed by atoms with E-state index in [1.807, 2.05) is 0 Å². The summed E-state index contributed by atoms with van der Waals surface area (Å²) in [6, 6.07) is 6.92. The van der Waals surface area contributed by atoms with Crippen molar-refractivity contribution < 1.29 is 32.4 Å². The lowest BCUT2D eigenvalue weighted by Gasteiger charge is -2.10. The Balaban J connectivity index is 1.97. The summed E-state index contributed by atoms with van der Waals surface area (Å²) in [5, 5.41) is 13.4. The smallest absolute Gasteiger partial charge is 0.416 e. The van der Waals surface area contributed by atoms with Crippen LogP contribution in [0.4, 0.5) is 24.5 Å². The second-order valence-electron chi connectivity index (χ2n) is 6.29. The average Bonchev–Trinajstić information content (AvgIpc) is 2.62. The van der Waals surface area contributed by atoms with Crippen molar-refractivity contribution in [1.82, 2.24) is 0 Å². The molecule has 2 aromatic carbocycles. The summed E-state index contributed by atoms with van der Waals surface area (Å²) in [5.41, 5.74) is 0.209. The van der Waals surface area contributed by atoms with Crippen LogP contribution in [0.5, 0.6) is 0 Å². The van der Waals surface area contributed by atoms with Gasteiger partial charge >= 0.3 is 12.1 Å². The molecule has 7 nitrogen and oxygen atoms in total. The standard InChI is InChI=1S/C19H17F3N2O5/c1-11-6-15(16(24(27)28)7-12(11)2)23-17(25)10-29-18(26)9-13-4-3-5-14(8-13)19(20,21)22/h3-8H,9-10H2,1-2H3,(H,23,25). The van der Waals surface area contributed by atoms with Gasteiger partial charge in [0.25, 0.3) is 11.6 Å². The number of nitro benzene ring substituents is 1. The summed E-state index contributed by atoms with van der Waals surface area (Å²) >= 11 is 0. The fourth-order valence-corrected chi connectivity index (χ4v) is 2.46. The van der Waals surface area contributed by atoms with Crippen molar-refractivity contribution >= 4 is 23.3 Å². The molecule has 0 aromatic heterocycles. The largest absolute Gasteiger partial charge is 0.455 e. The summed E-state index contributed by atoms with van der Waals surface area (Å²) in [6.45, 7) is 2.66. The van der Waals surface area contributed by atoms with E-state index < -0.39 is 41.6 Å². The van der Waals surface area contributed by atoms with Crippen molar-refractivity contribution in [2.45, 2.75) is 26.4 Å². The average molecular weight is 410 g/mol. The SMILES string of the molecule is Cc1cc(NC(=O)COC(=O)Cc2cccc(C(F)(F)F)c2)c([N+](=O)[O-])cc1C. The lowest BCUT2D eigenvalue weighted by atomic mass is 10.1. The predicted molar refractivity (Wildman–Crippen MR) is 97.3 cm³/mol. The zero-order valence-electron chi connectivity index (χ0n) is 15.5. The molecule has 10 heteroatoms. The van der Waals surface area contributed by atoms with Gasteiger partial charge < -0.3 is 10.1 Å². The number of rotatable bonds is 6. The monoisotopic (exact) mass is 410 g/mol. The molecule has 0 heterocycles. The number of amides is 1. The molecule has 0 bridgehead atoms. The van der Waals surface area contributed by atoms with Gasteiger partial charge in [-0.3, -0.25) is 19.7 Å². The lowest BCUT2D eigenvalue weighted by molar-refractivity contribution is -0.384. The number of aryl methyl sites for hydroxylation is 2. The first-order valence-electron chi connectivity index (χ1n) is 8.34. The number of esters is 1. The van der Waals surface area contributed by atoms with Crippen LogP contribution in [0.1, 0.15) is 22.3 Å². The Bertz CT molecular complexity index is 957. The van der Waals surface area contributed by atoms with Gasteiger partial charge in [0.15, 0.2) is 6.61 Å². The molecule has 154 valence electrons. The van der Waals surface area contributed by atoms with Crippen LogP contribution in [0.25, 0.3) is 0 Å². The zero-order valence-corrected chi connectivity index (χ0v) is 15.5. The first-order chi connectivity index (χ1) is 13.5. The summed E-state index contributed by atoms with van der Waals surface area (Å²) in [7, 11) is 0. The number of carbonyl (C=O) groups excluding carboxylic acids is 2. The summed E-state index contributed by atoms with van der Waals surface area (Å²) < 4.78 is 42.8. The van der Waals surface area contributed by atoms with Crippen LogP contribution in [0, 0.1) is 24.0 Å². The maximum atomic E-state index is 12.7. The molecule has 0 fully saturated rings. The van der Waals surface area contributed by atoms with E-state index in [-0.39, 0.29) is 16.9 Å². The third kappa shape index (κ3) is 6.03. The third-order valence-corrected chi connectivity index (χ3v) is 4.05. The van der Waals surface area contributed by atoms with E-state index in [0.717, 1.165) is 18.2 Å². The summed E-state index contributed by atoms with van der Waals surface area (Å²) in [4.78, 5) is 34.3. The Kier molecular flexibility index (Phi) is 6.57. The highest BCUT2D eigenvalue weighted by Gasteiger charge is 2.30. The maximum Gasteiger partial charge on any atom is 0.416 e. The minimum atomic E-state index is -4.54. The van der Waals surface area contributed by atoms with Gasteiger partial charge in [0.1, 0.15) is 5.69 Å². The highest BCUT2D eigenvalue weighted by atomic mass is 19.4. The van der Waals surface area contributed by atoms with Gasteiger partial charge in [-0.15, -0.1) is 0 Å². The number of nitrogens with one attached hydrogen (secondary N) is 1. The number of hydrogen-bond donors (Lipinski definition) is 1. The minimum absolute atomic E-state index is 0.0444. The molecule has 0 aliphatic rings. The zero-order chi connectivity index (χ0) is 21.8. The molecule has 0 aliphatic heterocycles. The van der Waals surface area contributed by atoms with Crippen LogP contribution in [-0.4, -0.2) is 23.4 Å². The number of hydrogen-bond acceptors (Lipinski definition) is 5. The molecule has 0 unspecified atom stereocenters. The quantitative estimate of drug-likeness (QED) is 0.442. The van der Waals surface area contributed by atoms with Gasteiger partial charge in [0, 0.05) is 6.07 Å². The Labute approximate surface area is 163 Å². The Morgan fingerprint density at radius 2 is 1.79 bits per heavy atom. The normalized spacial score (nSPS) is 11.1. The molecule has 1 N–H and O–H groups in total. The first-order valence-corrected chi connectivity index (χ1v) is 8.34. The van der Waals surface area contributed by atoms with Crippen LogP contribution in [0.3, 0.4) is 0 Å². The van der Waals surface area contributed by atoms with Gasteiger partial charge in [0.05, 0.1) is 16.9 Å². The number of nitro groups is 1. The summed E-state index contributed by atoms with van der Waals surface area (Å²) in [6.07, 6.45) is -5.00.